The summed E-state index contributed by atoms with van der Waals surface area (Å²) in [7, 11) is 3.09. The normalized spacial score (nSPS) is 12.4. The van der Waals surface area contributed by atoms with Gasteiger partial charge >= 0.3 is 0 Å². The van der Waals surface area contributed by atoms with Crippen LogP contribution >= 0.6 is 0 Å². The summed E-state index contributed by atoms with van der Waals surface area (Å²) in [6.45, 7) is 2.38. The molecule has 0 saturated carbocycles. The third-order valence-corrected chi connectivity index (χ3v) is 2.27. The van der Waals surface area contributed by atoms with Crippen molar-refractivity contribution in [1.29, 1.82) is 0 Å². The lowest BCUT2D eigenvalue weighted by atomic mass is 10.1. The number of rotatable bonds is 6. The van der Waals surface area contributed by atoms with Gasteiger partial charge in [-0.1, -0.05) is 17.3 Å². The van der Waals surface area contributed by atoms with Crippen LogP contribution in [0.15, 0.2) is 29.4 Å². The highest BCUT2D eigenvalue weighted by Gasteiger charge is 2.08. The van der Waals surface area contributed by atoms with Gasteiger partial charge in [0.2, 0.25) is 0 Å². The lowest BCUT2D eigenvalue weighted by molar-refractivity contribution is 0.0905. The minimum atomic E-state index is -0.116. The molecule has 0 aliphatic heterocycles. The number of benzene rings is 1. The molecule has 1 aromatic rings. The lowest BCUT2D eigenvalue weighted by Crippen LogP contribution is -2.35. The first kappa shape index (κ1) is 14.2. The zero-order chi connectivity index (χ0) is 13.4. The van der Waals surface area contributed by atoms with Gasteiger partial charge in [-0.2, -0.15) is 0 Å². The molecule has 0 fully saturated rings. The van der Waals surface area contributed by atoms with Crippen molar-refractivity contribution in [3.63, 3.8) is 0 Å². The van der Waals surface area contributed by atoms with Crippen molar-refractivity contribution < 1.29 is 14.4 Å². The number of amides is 1. The van der Waals surface area contributed by atoms with Crippen molar-refractivity contribution in [1.82, 2.24) is 5.32 Å². The van der Waals surface area contributed by atoms with Crippen molar-refractivity contribution in [2.75, 3.05) is 20.8 Å². The second-order valence-corrected chi connectivity index (χ2v) is 3.87. The Hall–Kier alpha value is -1.88. The Morgan fingerprint density at radius 1 is 1.39 bits per heavy atom. The van der Waals surface area contributed by atoms with Crippen LogP contribution in [0, 0.1) is 0 Å². The molecule has 0 saturated heterocycles. The summed E-state index contributed by atoms with van der Waals surface area (Å²) < 4.78 is 4.96. The summed E-state index contributed by atoms with van der Waals surface area (Å²) in [5, 5.41) is 6.48. The summed E-state index contributed by atoms with van der Waals surface area (Å²) >= 11 is 0. The van der Waals surface area contributed by atoms with E-state index in [1.807, 2.05) is 6.92 Å². The van der Waals surface area contributed by atoms with E-state index in [-0.39, 0.29) is 11.9 Å². The molecule has 0 aliphatic rings. The lowest BCUT2D eigenvalue weighted by Gasteiger charge is -2.12. The van der Waals surface area contributed by atoms with Crippen molar-refractivity contribution in [3.05, 3.63) is 35.4 Å². The molecule has 0 heterocycles. The fraction of sp³-hybridized carbons (Fsp3) is 0.385. The number of oxime groups is 1. The van der Waals surface area contributed by atoms with E-state index in [4.69, 9.17) is 4.74 Å². The molecule has 5 heteroatoms. The van der Waals surface area contributed by atoms with E-state index >= 15 is 0 Å². The van der Waals surface area contributed by atoms with E-state index in [0.717, 1.165) is 5.56 Å². The van der Waals surface area contributed by atoms with Gasteiger partial charge in [0.05, 0.1) is 12.8 Å². The van der Waals surface area contributed by atoms with E-state index in [1.54, 1.807) is 37.6 Å². The largest absolute Gasteiger partial charge is 0.399 e. The van der Waals surface area contributed by atoms with Gasteiger partial charge < -0.3 is 14.9 Å². The molecule has 0 spiro atoms. The van der Waals surface area contributed by atoms with Gasteiger partial charge in [0.1, 0.15) is 7.11 Å². The van der Waals surface area contributed by atoms with Gasteiger partial charge in [-0.15, -0.1) is 0 Å². The Labute approximate surface area is 107 Å². The van der Waals surface area contributed by atoms with Crippen LogP contribution < -0.4 is 5.32 Å². The molecule has 1 atom stereocenters. The average Bonchev–Trinajstić information content (AvgIpc) is 2.37. The molecule has 1 rings (SSSR count). The van der Waals surface area contributed by atoms with Gasteiger partial charge in [-0.3, -0.25) is 4.79 Å². The fourth-order valence-electron chi connectivity index (χ4n) is 1.43. The van der Waals surface area contributed by atoms with Crippen LogP contribution in [0.4, 0.5) is 0 Å². The molecule has 0 aromatic heterocycles. The zero-order valence-corrected chi connectivity index (χ0v) is 10.8. The first-order chi connectivity index (χ1) is 8.67. The van der Waals surface area contributed by atoms with Crippen molar-refractivity contribution in [3.8, 4) is 0 Å². The van der Waals surface area contributed by atoms with Crippen molar-refractivity contribution in [2.24, 2.45) is 5.16 Å². The van der Waals surface area contributed by atoms with Crippen LogP contribution in [0.5, 0.6) is 0 Å². The Bertz CT molecular complexity index is 401. The third kappa shape index (κ3) is 4.55. The Kier molecular flexibility index (Phi) is 5.87. The monoisotopic (exact) mass is 250 g/mol. The summed E-state index contributed by atoms with van der Waals surface area (Å²) in [4.78, 5) is 16.4. The predicted octanol–water partition coefficient (Wildman–Crippen LogP) is 1.43. The van der Waals surface area contributed by atoms with E-state index in [1.165, 1.54) is 7.11 Å². The molecule has 1 amide bonds. The molecule has 5 nitrogen and oxygen atoms in total. The van der Waals surface area contributed by atoms with E-state index in [2.05, 4.69) is 15.3 Å². The van der Waals surface area contributed by atoms with Crippen LogP contribution in [0.2, 0.25) is 0 Å². The molecule has 0 bridgehead atoms. The van der Waals surface area contributed by atoms with Crippen LogP contribution in [0.1, 0.15) is 22.8 Å². The van der Waals surface area contributed by atoms with E-state index in [0.29, 0.717) is 12.2 Å². The molecule has 98 valence electrons. The van der Waals surface area contributed by atoms with Crippen LogP contribution in [-0.4, -0.2) is 39.0 Å². The fourth-order valence-corrected chi connectivity index (χ4v) is 1.43. The molecule has 0 aliphatic carbocycles. The quantitative estimate of drug-likeness (QED) is 0.613. The van der Waals surface area contributed by atoms with Crippen LogP contribution in [0.25, 0.3) is 0 Å². The maximum atomic E-state index is 11.8. The summed E-state index contributed by atoms with van der Waals surface area (Å²) in [5.41, 5.74) is 1.48. The minimum Gasteiger partial charge on any atom is -0.399 e. The Morgan fingerprint density at radius 3 is 2.61 bits per heavy atom. The maximum Gasteiger partial charge on any atom is 0.251 e. The molecule has 1 unspecified atom stereocenters. The number of nitrogens with zero attached hydrogens (tertiary/aromatic N) is 1. The first-order valence-electron chi connectivity index (χ1n) is 5.63. The highest BCUT2D eigenvalue weighted by Crippen LogP contribution is 2.03. The topological polar surface area (TPSA) is 59.9 Å². The average molecular weight is 250 g/mol. The Balaban J connectivity index is 2.61. The number of hydrogen-bond acceptors (Lipinski definition) is 4. The molecule has 1 N–H and O–H groups in total. The number of ether oxygens (including phenoxy) is 1. The van der Waals surface area contributed by atoms with Crippen molar-refractivity contribution >= 4 is 12.1 Å². The highest BCUT2D eigenvalue weighted by molar-refractivity contribution is 5.95. The number of carbonyl (C=O) groups excluding carboxylic acids is 1. The molecule has 18 heavy (non-hydrogen) atoms. The zero-order valence-electron chi connectivity index (χ0n) is 10.8. The second kappa shape index (κ2) is 7.45. The molecular formula is C13H18N2O3. The van der Waals surface area contributed by atoms with Crippen molar-refractivity contribution in [2.45, 2.75) is 13.0 Å². The first-order valence-corrected chi connectivity index (χ1v) is 5.63. The van der Waals surface area contributed by atoms with Gasteiger partial charge in [-0.25, -0.2) is 0 Å². The SMILES string of the molecule is COCC(C)NC(=O)c1ccc(/C=N/OC)cc1. The summed E-state index contributed by atoms with van der Waals surface area (Å²) in [6, 6.07) is 7.08. The van der Waals surface area contributed by atoms with E-state index < -0.39 is 0 Å². The van der Waals surface area contributed by atoms with Gasteiger partial charge in [-0.05, 0) is 24.6 Å². The summed E-state index contributed by atoms with van der Waals surface area (Å²) in [5.74, 6) is -0.116. The second-order valence-electron chi connectivity index (χ2n) is 3.87. The molecular weight excluding hydrogens is 232 g/mol. The number of methoxy groups -OCH3 is 1. The Morgan fingerprint density at radius 2 is 2.06 bits per heavy atom. The third-order valence-electron chi connectivity index (χ3n) is 2.27. The number of carbonyl (C=O) groups is 1. The van der Waals surface area contributed by atoms with Crippen LogP contribution in [0.3, 0.4) is 0 Å². The van der Waals surface area contributed by atoms with Gasteiger partial charge in [0, 0.05) is 18.7 Å². The maximum absolute atomic E-state index is 11.8. The molecule has 0 radical (unpaired) electrons. The highest BCUT2D eigenvalue weighted by atomic mass is 16.6. The number of hydrogen-bond donors (Lipinski definition) is 1. The number of nitrogens with one attached hydrogen (secondary N) is 1. The molecule has 1 aromatic carbocycles. The van der Waals surface area contributed by atoms with E-state index in [9.17, 15) is 4.79 Å². The standard InChI is InChI=1S/C13H18N2O3/c1-10(9-17-2)15-13(16)12-6-4-11(5-7-12)8-14-18-3/h4-8,10H,9H2,1-3H3,(H,15,16)/b14-8+. The van der Waals surface area contributed by atoms with Crippen LogP contribution in [-0.2, 0) is 9.57 Å². The summed E-state index contributed by atoms with van der Waals surface area (Å²) in [6.07, 6.45) is 1.58. The predicted molar refractivity (Wildman–Crippen MR) is 69.8 cm³/mol. The van der Waals surface area contributed by atoms with Gasteiger partial charge in [0.25, 0.3) is 5.91 Å². The smallest absolute Gasteiger partial charge is 0.251 e. The minimum absolute atomic E-state index is 0.0165. The van der Waals surface area contributed by atoms with Gasteiger partial charge in [0.15, 0.2) is 0 Å².